The number of pyridine rings is 1. The van der Waals surface area contributed by atoms with Crippen LogP contribution in [0.1, 0.15) is 81.0 Å². The Kier molecular flexibility index (Phi) is 5.49. The lowest BCUT2D eigenvalue weighted by molar-refractivity contribution is 0.0899. The van der Waals surface area contributed by atoms with Gasteiger partial charge in [-0.1, -0.05) is 25.9 Å². The summed E-state index contributed by atoms with van der Waals surface area (Å²) in [7, 11) is 0. The highest BCUT2D eigenvalue weighted by molar-refractivity contribution is 6.06. The van der Waals surface area contributed by atoms with Crippen molar-refractivity contribution in [1.82, 2.24) is 15.5 Å². The SMILES string of the molecule is CC(C)(C)Cc1noc2nc(C3CC3)cc(C(=O)NC(C)(CN)C3CC3)c12.Cl. The average molecular weight is 407 g/mol. The maximum Gasteiger partial charge on any atom is 0.259 e. The molecule has 2 aromatic rings. The van der Waals surface area contributed by atoms with Crippen LogP contribution in [-0.2, 0) is 6.42 Å². The maximum absolute atomic E-state index is 13.3. The smallest absolute Gasteiger partial charge is 0.259 e. The molecule has 3 N–H and O–H groups in total. The third-order valence-electron chi connectivity index (χ3n) is 5.78. The number of nitrogens with zero attached hydrogens (tertiary/aromatic N) is 2. The van der Waals surface area contributed by atoms with E-state index in [-0.39, 0.29) is 29.3 Å². The van der Waals surface area contributed by atoms with Crippen molar-refractivity contribution >= 4 is 29.4 Å². The van der Waals surface area contributed by atoms with E-state index in [2.05, 4.69) is 36.2 Å². The first-order chi connectivity index (χ1) is 12.7. The van der Waals surface area contributed by atoms with Gasteiger partial charge < -0.3 is 15.6 Å². The Labute approximate surface area is 172 Å². The zero-order valence-corrected chi connectivity index (χ0v) is 18.0. The maximum atomic E-state index is 13.3. The molecule has 4 rings (SSSR count). The van der Waals surface area contributed by atoms with Crippen LogP contribution in [0.4, 0.5) is 0 Å². The Bertz CT molecular complexity index is 880. The average Bonchev–Trinajstić information content (AvgIpc) is 3.50. The lowest BCUT2D eigenvalue weighted by Gasteiger charge is -2.29. The summed E-state index contributed by atoms with van der Waals surface area (Å²) < 4.78 is 5.55. The predicted molar refractivity (Wildman–Crippen MR) is 112 cm³/mol. The Morgan fingerprint density at radius 1 is 1.25 bits per heavy atom. The molecule has 0 spiro atoms. The third kappa shape index (κ3) is 4.18. The molecule has 7 heteroatoms. The van der Waals surface area contributed by atoms with Crippen molar-refractivity contribution < 1.29 is 9.32 Å². The van der Waals surface area contributed by atoms with Crippen LogP contribution in [-0.4, -0.2) is 28.1 Å². The van der Waals surface area contributed by atoms with Crippen LogP contribution in [0.3, 0.4) is 0 Å². The standard InChI is InChI=1S/C21H30N4O2.ClH/c1-20(2,3)10-16-17-14(18(26)24-21(4,11-22)13-7-8-13)9-15(12-5-6-12)23-19(17)27-25-16;/h9,12-13H,5-8,10-11,22H2,1-4H3,(H,24,26);1H. The molecule has 2 aromatic heterocycles. The van der Waals surface area contributed by atoms with Crippen molar-refractivity contribution in [2.45, 2.75) is 71.3 Å². The van der Waals surface area contributed by atoms with E-state index < -0.39 is 0 Å². The molecule has 6 nitrogen and oxygen atoms in total. The quantitative estimate of drug-likeness (QED) is 0.756. The molecule has 1 atom stereocenters. The second kappa shape index (κ2) is 7.30. The van der Waals surface area contributed by atoms with E-state index in [1.165, 1.54) is 0 Å². The van der Waals surface area contributed by atoms with Gasteiger partial charge in [0.1, 0.15) is 0 Å². The molecule has 2 fully saturated rings. The first-order valence-electron chi connectivity index (χ1n) is 10.0. The normalized spacial score (nSPS) is 19.2. The summed E-state index contributed by atoms with van der Waals surface area (Å²) >= 11 is 0. The largest absolute Gasteiger partial charge is 0.345 e. The number of hydrogen-bond donors (Lipinski definition) is 2. The Balaban J connectivity index is 0.00000225. The number of hydrogen-bond acceptors (Lipinski definition) is 5. The summed E-state index contributed by atoms with van der Waals surface area (Å²) in [5.74, 6) is 0.798. The number of nitrogens with one attached hydrogen (secondary N) is 1. The molecular formula is C21H31ClN4O2. The number of amides is 1. The van der Waals surface area contributed by atoms with Gasteiger partial charge in [-0.15, -0.1) is 12.4 Å². The van der Waals surface area contributed by atoms with Gasteiger partial charge in [-0.3, -0.25) is 4.79 Å². The number of aromatic nitrogens is 2. The van der Waals surface area contributed by atoms with Gasteiger partial charge in [-0.05, 0) is 56.4 Å². The molecule has 2 heterocycles. The van der Waals surface area contributed by atoms with Crippen LogP contribution >= 0.6 is 12.4 Å². The molecule has 0 radical (unpaired) electrons. The molecule has 154 valence electrons. The summed E-state index contributed by atoms with van der Waals surface area (Å²) in [5.41, 5.74) is 8.52. The predicted octanol–water partition coefficient (Wildman–Crippen LogP) is 3.97. The van der Waals surface area contributed by atoms with E-state index in [4.69, 9.17) is 10.3 Å². The summed E-state index contributed by atoms with van der Waals surface area (Å²) in [4.78, 5) is 18.0. The van der Waals surface area contributed by atoms with E-state index in [1.807, 2.05) is 13.0 Å². The zero-order chi connectivity index (χ0) is 19.4. The van der Waals surface area contributed by atoms with Crippen molar-refractivity contribution in [1.29, 1.82) is 0 Å². The van der Waals surface area contributed by atoms with Crippen LogP contribution in [0, 0.1) is 11.3 Å². The molecule has 0 aliphatic heterocycles. The van der Waals surface area contributed by atoms with Crippen molar-refractivity contribution in [3.8, 4) is 0 Å². The van der Waals surface area contributed by atoms with Gasteiger partial charge in [0.25, 0.3) is 11.6 Å². The third-order valence-corrected chi connectivity index (χ3v) is 5.78. The van der Waals surface area contributed by atoms with E-state index in [0.717, 1.165) is 48.9 Å². The van der Waals surface area contributed by atoms with Gasteiger partial charge in [0.15, 0.2) is 0 Å². The molecule has 0 bridgehead atoms. The van der Waals surface area contributed by atoms with Gasteiger partial charge in [-0.25, -0.2) is 4.98 Å². The van der Waals surface area contributed by atoms with Crippen LogP contribution in [0.15, 0.2) is 10.6 Å². The van der Waals surface area contributed by atoms with Gasteiger partial charge in [-0.2, -0.15) is 0 Å². The molecule has 2 aliphatic rings. The summed E-state index contributed by atoms with van der Waals surface area (Å²) in [6.07, 6.45) is 5.20. The summed E-state index contributed by atoms with van der Waals surface area (Å²) in [6, 6.07) is 1.95. The van der Waals surface area contributed by atoms with E-state index >= 15 is 0 Å². The van der Waals surface area contributed by atoms with E-state index in [1.54, 1.807) is 0 Å². The Morgan fingerprint density at radius 3 is 2.46 bits per heavy atom. The molecular weight excluding hydrogens is 376 g/mol. The van der Waals surface area contributed by atoms with Gasteiger partial charge in [0, 0.05) is 18.2 Å². The van der Waals surface area contributed by atoms with Crippen molar-refractivity contribution in [2.24, 2.45) is 17.1 Å². The Hall–Kier alpha value is -1.66. The monoisotopic (exact) mass is 406 g/mol. The fourth-order valence-corrected chi connectivity index (χ4v) is 3.79. The van der Waals surface area contributed by atoms with E-state index in [9.17, 15) is 4.79 Å². The van der Waals surface area contributed by atoms with E-state index in [0.29, 0.717) is 29.7 Å². The van der Waals surface area contributed by atoms with Crippen molar-refractivity contribution in [3.05, 3.63) is 23.0 Å². The molecule has 2 aliphatic carbocycles. The second-order valence-corrected chi connectivity index (χ2v) is 9.77. The number of carbonyl (C=O) groups is 1. The molecule has 2 saturated carbocycles. The summed E-state index contributed by atoms with van der Waals surface area (Å²) in [5, 5.41) is 8.24. The van der Waals surface area contributed by atoms with Gasteiger partial charge in [0.2, 0.25) is 0 Å². The minimum absolute atomic E-state index is 0. The molecule has 0 aromatic carbocycles. The lowest BCUT2D eigenvalue weighted by Crippen LogP contribution is -2.53. The van der Waals surface area contributed by atoms with Gasteiger partial charge >= 0.3 is 0 Å². The first kappa shape index (κ1) is 21.1. The number of nitrogens with two attached hydrogens (primary N) is 1. The minimum Gasteiger partial charge on any atom is -0.345 e. The number of halogens is 1. The molecule has 1 amide bonds. The van der Waals surface area contributed by atoms with Crippen LogP contribution in [0.2, 0.25) is 0 Å². The van der Waals surface area contributed by atoms with Crippen LogP contribution < -0.4 is 11.1 Å². The molecule has 1 unspecified atom stereocenters. The van der Waals surface area contributed by atoms with Crippen molar-refractivity contribution in [2.75, 3.05) is 6.54 Å². The number of fused-ring (bicyclic) bond motifs is 1. The summed E-state index contributed by atoms with van der Waals surface area (Å²) in [6.45, 7) is 8.94. The zero-order valence-electron chi connectivity index (χ0n) is 17.2. The highest BCUT2D eigenvalue weighted by atomic mass is 35.5. The Morgan fingerprint density at radius 2 is 1.93 bits per heavy atom. The fourth-order valence-electron chi connectivity index (χ4n) is 3.79. The van der Waals surface area contributed by atoms with Crippen LogP contribution in [0.5, 0.6) is 0 Å². The lowest BCUT2D eigenvalue weighted by atomic mass is 9.89. The van der Waals surface area contributed by atoms with Crippen molar-refractivity contribution in [3.63, 3.8) is 0 Å². The number of carbonyl (C=O) groups excluding carboxylic acids is 1. The minimum atomic E-state index is -0.367. The number of rotatable bonds is 6. The highest BCUT2D eigenvalue weighted by Crippen LogP contribution is 2.42. The second-order valence-electron chi connectivity index (χ2n) is 9.77. The van der Waals surface area contributed by atoms with Crippen LogP contribution in [0.25, 0.3) is 11.1 Å². The van der Waals surface area contributed by atoms with Gasteiger partial charge in [0.05, 0.1) is 22.2 Å². The molecule has 0 saturated heterocycles. The molecule has 28 heavy (non-hydrogen) atoms. The highest BCUT2D eigenvalue weighted by Gasteiger charge is 2.42. The topological polar surface area (TPSA) is 94.0 Å². The first-order valence-corrected chi connectivity index (χ1v) is 10.0. The fraction of sp³-hybridized carbons (Fsp3) is 0.667.